The van der Waals surface area contributed by atoms with Crippen molar-refractivity contribution in [2.24, 2.45) is 5.92 Å². The van der Waals surface area contributed by atoms with Crippen molar-refractivity contribution in [3.63, 3.8) is 0 Å². The molecule has 1 aromatic heterocycles. The number of carbonyl (C=O) groups is 3. The number of carbonyl (C=O) groups excluding carboxylic acids is 1. The smallest absolute Gasteiger partial charge is 0.349 e. The molecule has 1 amide bonds. The van der Waals surface area contributed by atoms with Gasteiger partial charge in [-0.3, -0.25) is 4.79 Å². The molecule has 212 valence electrons. The van der Waals surface area contributed by atoms with Gasteiger partial charge in [-0.2, -0.15) is 0 Å². The van der Waals surface area contributed by atoms with Gasteiger partial charge in [0.2, 0.25) is 0 Å². The average molecular weight is 632 g/mol. The highest BCUT2D eigenvalue weighted by atomic mass is 79.9. The summed E-state index contributed by atoms with van der Waals surface area (Å²) in [6, 6.07) is 13.1. The molecule has 4 rings (SSSR count). The third-order valence-corrected chi connectivity index (χ3v) is 9.03. The molecule has 2 heterocycles. The monoisotopic (exact) mass is 630 g/mol. The number of carboxylic acid groups (broad SMARTS) is 2. The fraction of sp³-hybridized carbons (Fsp3) is 0.345. The molecule has 3 N–H and O–H groups in total. The van der Waals surface area contributed by atoms with E-state index in [-0.39, 0.29) is 22.5 Å². The van der Waals surface area contributed by atoms with Crippen LogP contribution in [-0.2, 0) is 9.59 Å². The highest BCUT2D eigenvalue weighted by Gasteiger charge is 2.34. The number of aliphatic carboxylic acids is 1. The van der Waals surface area contributed by atoms with Gasteiger partial charge < -0.3 is 29.9 Å². The molecule has 0 spiro atoms. The Morgan fingerprint density at radius 2 is 1.85 bits per heavy atom. The maximum absolute atomic E-state index is 13.9. The molecule has 1 aliphatic heterocycles. The quantitative estimate of drug-likeness (QED) is 0.273. The van der Waals surface area contributed by atoms with Crippen LogP contribution < -0.4 is 19.7 Å². The molecule has 40 heavy (non-hydrogen) atoms. The van der Waals surface area contributed by atoms with Gasteiger partial charge in [-0.1, -0.05) is 29.8 Å². The van der Waals surface area contributed by atoms with Crippen LogP contribution in [0.4, 0.5) is 5.69 Å². The predicted octanol–water partition coefficient (Wildman–Crippen LogP) is 5.37. The summed E-state index contributed by atoms with van der Waals surface area (Å²) in [7, 11) is 1.77. The number of piperidine rings is 1. The number of aromatic carboxylic acids is 1. The number of ether oxygens (including phenoxy) is 2. The number of thiophene rings is 1. The molecule has 0 saturated carbocycles. The molecule has 1 unspecified atom stereocenters. The topological polar surface area (TPSA) is 125 Å². The standard InChI is InChI=1S/C29H31BrN2O7S/c1-16-7-8-21(17(2)13-16)32(3)28(35)24(18-9-11-31-12-10-18)39-20-6-4-5-19(14-20)26-23(30)25(38-15-22(33)34)27(40-26)29(36)37/h4-8,13-14,18,24,31H,9-12,15H2,1-3H3,(H,33,34)(H,36,37). The maximum Gasteiger partial charge on any atom is 0.349 e. The fourth-order valence-corrected chi connectivity index (χ4v) is 6.72. The van der Waals surface area contributed by atoms with Gasteiger partial charge in [0.25, 0.3) is 5.91 Å². The SMILES string of the molecule is Cc1ccc(N(C)C(=O)C(Oc2cccc(-c3sc(C(=O)O)c(OCC(=O)O)c3Br)c2)C2CCNCC2)c(C)c1. The number of carboxylic acids is 2. The molecule has 11 heteroatoms. The second-order valence-electron chi connectivity index (χ2n) is 9.73. The Bertz CT molecular complexity index is 1420. The zero-order valence-corrected chi connectivity index (χ0v) is 24.8. The number of hydrogen-bond donors (Lipinski definition) is 3. The first-order valence-electron chi connectivity index (χ1n) is 12.8. The number of nitrogens with one attached hydrogen (secondary N) is 1. The Morgan fingerprint density at radius 3 is 2.50 bits per heavy atom. The lowest BCUT2D eigenvalue weighted by Crippen LogP contribution is -2.47. The number of halogens is 1. The Hall–Kier alpha value is -3.41. The largest absolute Gasteiger partial charge is 0.480 e. The molecule has 1 fully saturated rings. The lowest BCUT2D eigenvalue weighted by atomic mass is 9.91. The first-order chi connectivity index (χ1) is 19.1. The summed E-state index contributed by atoms with van der Waals surface area (Å²) in [6.45, 7) is 4.91. The molecule has 3 aromatic rings. The molecular formula is C29H31BrN2O7S. The number of aryl methyl sites for hydroxylation is 2. The van der Waals surface area contributed by atoms with E-state index in [2.05, 4.69) is 21.2 Å². The van der Waals surface area contributed by atoms with Crippen LogP contribution in [-0.4, -0.2) is 60.9 Å². The van der Waals surface area contributed by atoms with E-state index in [9.17, 15) is 19.5 Å². The third kappa shape index (κ3) is 6.65. The van der Waals surface area contributed by atoms with Crippen molar-refractivity contribution in [1.82, 2.24) is 5.32 Å². The number of rotatable bonds is 10. The number of amides is 1. The van der Waals surface area contributed by atoms with Gasteiger partial charge in [0.15, 0.2) is 23.3 Å². The molecule has 1 aliphatic rings. The van der Waals surface area contributed by atoms with Gasteiger partial charge in [-0.15, -0.1) is 11.3 Å². The first kappa shape index (κ1) is 29.6. The van der Waals surface area contributed by atoms with Crippen molar-refractivity contribution < 1.29 is 34.1 Å². The van der Waals surface area contributed by atoms with Crippen LogP contribution in [0.1, 0.15) is 33.6 Å². The number of likely N-dealkylation sites (N-methyl/N-ethyl adjacent to an activating group) is 1. The van der Waals surface area contributed by atoms with Crippen molar-refractivity contribution in [2.75, 3.05) is 31.6 Å². The highest BCUT2D eigenvalue weighted by molar-refractivity contribution is 9.10. The van der Waals surface area contributed by atoms with Gasteiger partial charge in [-0.05, 0) is 85.0 Å². The van der Waals surface area contributed by atoms with Crippen molar-refractivity contribution in [3.05, 3.63) is 62.9 Å². The maximum atomic E-state index is 13.9. The number of hydrogen-bond acceptors (Lipinski definition) is 7. The van der Waals surface area contributed by atoms with Crippen LogP contribution in [0.3, 0.4) is 0 Å². The summed E-state index contributed by atoms with van der Waals surface area (Å²) in [5.74, 6) is -2.15. The van der Waals surface area contributed by atoms with Crippen molar-refractivity contribution in [1.29, 1.82) is 0 Å². The number of benzene rings is 2. The third-order valence-electron chi connectivity index (χ3n) is 6.80. The zero-order chi connectivity index (χ0) is 29.0. The second-order valence-corrected chi connectivity index (χ2v) is 11.5. The summed E-state index contributed by atoms with van der Waals surface area (Å²) in [6.07, 6.45) is 0.859. The van der Waals surface area contributed by atoms with Crippen molar-refractivity contribution in [2.45, 2.75) is 32.8 Å². The number of anilines is 1. The summed E-state index contributed by atoms with van der Waals surface area (Å²) >= 11 is 4.36. The first-order valence-corrected chi connectivity index (χ1v) is 14.4. The van der Waals surface area contributed by atoms with Crippen LogP contribution in [0.5, 0.6) is 11.5 Å². The van der Waals surface area contributed by atoms with Crippen molar-refractivity contribution >= 4 is 50.8 Å². The molecule has 2 aromatic carbocycles. The van der Waals surface area contributed by atoms with Crippen LogP contribution in [0.2, 0.25) is 0 Å². The van der Waals surface area contributed by atoms with Gasteiger partial charge in [0, 0.05) is 18.7 Å². The Morgan fingerprint density at radius 1 is 1.12 bits per heavy atom. The van der Waals surface area contributed by atoms with E-state index in [1.54, 1.807) is 36.2 Å². The predicted molar refractivity (Wildman–Crippen MR) is 157 cm³/mol. The second kappa shape index (κ2) is 12.8. The minimum absolute atomic E-state index is 0.00807. The van der Waals surface area contributed by atoms with E-state index in [0.29, 0.717) is 20.7 Å². The summed E-state index contributed by atoms with van der Waals surface area (Å²) in [5, 5.41) is 22.0. The van der Waals surface area contributed by atoms with E-state index in [0.717, 1.165) is 54.1 Å². The number of nitrogens with zero attached hydrogens (tertiary/aromatic N) is 1. The van der Waals surface area contributed by atoms with E-state index in [4.69, 9.17) is 14.6 Å². The lowest BCUT2D eigenvalue weighted by Gasteiger charge is -2.33. The molecular weight excluding hydrogens is 600 g/mol. The van der Waals surface area contributed by atoms with E-state index in [1.807, 2.05) is 32.0 Å². The van der Waals surface area contributed by atoms with Crippen LogP contribution in [0.25, 0.3) is 10.4 Å². The zero-order valence-electron chi connectivity index (χ0n) is 22.4. The molecule has 1 saturated heterocycles. The molecule has 0 bridgehead atoms. The minimum atomic E-state index is -1.23. The molecule has 9 nitrogen and oxygen atoms in total. The van der Waals surface area contributed by atoms with Crippen LogP contribution >= 0.6 is 27.3 Å². The van der Waals surface area contributed by atoms with Gasteiger partial charge in [0.1, 0.15) is 5.75 Å². The molecule has 0 aliphatic carbocycles. The molecule has 0 radical (unpaired) electrons. The summed E-state index contributed by atoms with van der Waals surface area (Å²) < 4.78 is 12.1. The van der Waals surface area contributed by atoms with Gasteiger partial charge in [-0.25, -0.2) is 9.59 Å². The lowest BCUT2D eigenvalue weighted by molar-refractivity contribution is -0.139. The van der Waals surface area contributed by atoms with Gasteiger partial charge >= 0.3 is 11.9 Å². The highest BCUT2D eigenvalue weighted by Crippen LogP contribution is 2.46. The van der Waals surface area contributed by atoms with Gasteiger partial charge in [0.05, 0.1) is 9.35 Å². The van der Waals surface area contributed by atoms with Crippen LogP contribution in [0, 0.1) is 19.8 Å². The summed E-state index contributed by atoms with van der Waals surface area (Å²) in [5.41, 5.74) is 3.58. The average Bonchev–Trinajstić information content (AvgIpc) is 3.26. The Labute approximate surface area is 244 Å². The fourth-order valence-electron chi connectivity index (χ4n) is 4.83. The Balaban J connectivity index is 1.66. The summed E-state index contributed by atoms with van der Waals surface area (Å²) in [4.78, 5) is 38.8. The molecule has 1 atom stereocenters. The van der Waals surface area contributed by atoms with Crippen LogP contribution in [0.15, 0.2) is 46.9 Å². The van der Waals surface area contributed by atoms with E-state index in [1.165, 1.54) is 0 Å². The van der Waals surface area contributed by atoms with E-state index >= 15 is 0 Å². The normalized spacial score (nSPS) is 14.4. The minimum Gasteiger partial charge on any atom is -0.480 e. The van der Waals surface area contributed by atoms with Crippen molar-refractivity contribution in [3.8, 4) is 21.9 Å². The van der Waals surface area contributed by atoms with E-state index < -0.39 is 24.6 Å². The Kier molecular flexibility index (Phi) is 9.49.